The molecule has 0 saturated carbocycles. The highest BCUT2D eigenvalue weighted by Crippen LogP contribution is 2.27. The molecular weight excluding hydrogens is 276 g/mol. The average Bonchev–Trinajstić information content (AvgIpc) is 2.88. The second-order valence-corrected chi connectivity index (χ2v) is 5.70. The molecule has 1 aromatic heterocycles. The number of aliphatic hydroxyl groups excluding tert-OH is 1. The molecule has 0 aromatic carbocycles. The molecule has 7 heteroatoms. The summed E-state index contributed by atoms with van der Waals surface area (Å²) in [7, 11) is 0. The van der Waals surface area contributed by atoms with Crippen LogP contribution >= 0.6 is 11.3 Å². The summed E-state index contributed by atoms with van der Waals surface area (Å²) in [4.78, 5) is 11.6. The molecule has 0 aliphatic rings. The molecular formula is C13H24N4O2S. The Hall–Kier alpha value is -1.21. The van der Waals surface area contributed by atoms with Gasteiger partial charge in [0.25, 0.3) is 0 Å². The molecule has 1 rings (SSSR count). The summed E-state index contributed by atoms with van der Waals surface area (Å²) in [6, 6.07) is -0.305. The topological polar surface area (TPSA) is 87.1 Å². The fraction of sp³-hybridized carbons (Fsp3) is 0.769. The van der Waals surface area contributed by atoms with Crippen LogP contribution in [0.1, 0.15) is 57.4 Å². The van der Waals surface area contributed by atoms with Gasteiger partial charge in [0.15, 0.2) is 0 Å². The zero-order valence-corrected chi connectivity index (χ0v) is 13.2. The number of amides is 2. The van der Waals surface area contributed by atoms with Crippen LogP contribution in [-0.4, -0.2) is 34.0 Å². The number of aromatic nitrogens is 2. The van der Waals surface area contributed by atoms with Crippen molar-refractivity contribution in [2.24, 2.45) is 0 Å². The zero-order valence-electron chi connectivity index (χ0n) is 12.3. The van der Waals surface area contributed by atoms with E-state index in [2.05, 4.69) is 34.7 Å². The number of carbonyl (C=O) groups excluding carboxylic acids is 1. The van der Waals surface area contributed by atoms with Gasteiger partial charge in [-0.1, -0.05) is 32.1 Å². The smallest absolute Gasteiger partial charge is 0.321 e. The van der Waals surface area contributed by atoms with E-state index in [1.54, 1.807) is 0 Å². The number of carbonyl (C=O) groups is 1. The largest absolute Gasteiger partial charge is 0.393 e. The van der Waals surface area contributed by atoms with Crippen molar-refractivity contribution < 1.29 is 9.90 Å². The molecule has 0 radical (unpaired) electrons. The molecule has 1 aromatic rings. The fourth-order valence-corrected chi connectivity index (χ4v) is 2.79. The second-order valence-electron chi connectivity index (χ2n) is 4.69. The molecule has 0 aliphatic heterocycles. The second kappa shape index (κ2) is 8.86. The van der Waals surface area contributed by atoms with Crippen molar-refractivity contribution >= 4 is 22.5 Å². The number of hydrogen-bond donors (Lipinski definition) is 3. The van der Waals surface area contributed by atoms with E-state index in [1.807, 2.05) is 6.92 Å². The van der Waals surface area contributed by atoms with E-state index < -0.39 is 0 Å². The summed E-state index contributed by atoms with van der Waals surface area (Å²) in [6.45, 7) is 6.59. The standard InChI is InChI=1S/C13H24N4O2S/c1-4-9(5-2)11-16-17-13(20-11)15-12(19)14-8-7-10(18)6-3/h9-10,18H,4-8H2,1-3H3,(H2,14,15,17,19). The van der Waals surface area contributed by atoms with Crippen LogP contribution in [0.5, 0.6) is 0 Å². The highest BCUT2D eigenvalue weighted by Gasteiger charge is 2.14. The molecule has 0 spiro atoms. The van der Waals surface area contributed by atoms with Crippen molar-refractivity contribution in [3.8, 4) is 0 Å². The minimum Gasteiger partial charge on any atom is -0.393 e. The lowest BCUT2D eigenvalue weighted by Crippen LogP contribution is -2.31. The third-order valence-electron chi connectivity index (χ3n) is 3.23. The van der Waals surface area contributed by atoms with Crippen molar-refractivity contribution in [1.29, 1.82) is 0 Å². The third-order valence-corrected chi connectivity index (χ3v) is 4.23. The van der Waals surface area contributed by atoms with Gasteiger partial charge in [-0.3, -0.25) is 5.32 Å². The fourth-order valence-electron chi connectivity index (χ4n) is 1.79. The van der Waals surface area contributed by atoms with Crippen LogP contribution in [0, 0.1) is 0 Å². The monoisotopic (exact) mass is 300 g/mol. The van der Waals surface area contributed by atoms with Crippen molar-refractivity contribution in [3.63, 3.8) is 0 Å². The van der Waals surface area contributed by atoms with Crippen molar-refractivity contribution in [2.45, 2.75) is 58.5 Å². The van der Waals surface area contributed by atoms with Crippen LogP contribution in [0.15, 0.2) is 0 Å². The molecule has 3 N–H and O–H groups in total. The summed E-state index contributed by atoms with van der Waals surface area (Å²) in [6.07, 6.45) is 2.92. The summed E-state index contributed by atoms with van der Waals surface area (Å²) in [5, 5.41) is 24.3. The summed E-state index contributed by atoms with van der Waals surface area (Å²) >= 11 is 1.42. The van der Waals surface area contributed by atoms with Gasteiger partial charge in [0.2, 0.25) is 5.13 Å². The Kier molecular flexibility index (Phi) is 7.46. The van der Waals surface area contributed by atoms with E-state index in [-0.39, 0.29) is 12.1 Å². The van der Waals surface area contributed by atoms with E-state index >= 15 is 0 Å². The molecule has 0 aliphatic carbocycles. The summed E-state index contributed by atoms with van der Waals surface area (Å²) in [5.41, 5.74) is 0. The number of anilines is 1. The maximum absolute atomic E-state index is 11.6. The molecule has 0 bridgehead atoms. The van der Waals surface area contributed by atoms with Gasteiger partial charge in [-0.05, 0) is 25.7 Å². The van der Waals surface area contributed by atoms with Gasteiger partial charge >= 0.3 is 6.03 Å². The predicted octanol–water partition coefficient (Wildman–Crippen LogP) is 2.72. The van der Waals surface area contributed by atoms with Gasteiger partial charge in [0.05, 0.1) is 6.10 Å². The first-order valence-corrected chi connectivity index (χ1v) is 7.98. The van der Waals surface area contributed by atoms with Crippen LogP contribution in [0.3, 0.4) is 0 Å². The lowest BCUT2D eigenvalue weighted by molar-refractivity contribution is 0.160. The first-order chi connectivity index (χ1) is 9.60. The van der Waals surface area contributed by atoms with E-state index in [0.717, 1.165) is 17.8 Å². The van der Waals surface area contributed by atoms with Crippen LogP contribution in [-0.2, 0) is 0 Å². The molecule has 0 saturated heterocycles. The minimum absolute atomic E-state index is 0.305. The van der Waals surface area contributed by atoms with Gasteiger partial charge in [0, 0.05) is 12.5 Å². The molecule has 1 heterocycles. The van der Waals surface area contributed by atoms with Crippen LogP contribution in [0.2, 0.25) is 0 Å². The molecule has 2 amide bonds. The number of nitrogens with zero attached hydrogens (tertiary/aromatic N) is 2. The number of urea groups is 1. The predicted molar refractivity (Wildman–Crippen MR) is 81.2 cm³/mol. The van der Waals surface area contributed by atoms with Gasteiger partial charge in [0.1, 0.15) is 5.01 Å². The Morgan fingerprint density at radius 3 is 2.55 bits per heavy atom. The minimum atomic E-state index is -0.363. The molecule has 114 valence electrons. The van der Waals surface area contributed by atoms with E-state index in [4.69, 9.17) is 0 Å². The normalized spacial score (nSPS) is 12.4. The van der Waals surface area contributed by atoms with Crippen molar-refractivity contribution in [1.82, 2.24) is 15.5 Å². The van der Waals surface area contributed by atoms with Gasteiger partial charge < -0.3 is 10.4 Å². The maximum atomic E-state index is 11.6. The molecule has 1 atom stereocenters. The lowest BCUT2D eigenvalue weighted by atomic mass is 10.1. The van der Waals surface area contributed by atoms with Crippen LogP contribution in [0.4, 0.5) is 9.93 Å². The zero-order chi connectivity index (χ0) is 15.0. The maximum Gasteiger partial charge on any atom is 0.321 e. The van der Waals surface area contributed by atoms with E-state index in [9.17, 15) is 9.90 Å². The Balaban J connectivity index is 2.39. The van der Waals surface area contributed by atoms with E-state index in [0.29, 0.717) is 30.4 Å². The van der Waals surface area contributed by atoms with Gasteiger partial charge in [-0.2, -0.15) is 0 Å². The Morgan fingerprint density at radius 1 is 1.25 bits per heavy atom. The quantitative estimate of drug-likeness (QED) is 0.689. The highest BCUT2D eigenvalue weighted by molar-refractivity contribution is 7.15. The Bertz CT molecular complexity index is 407. The highest BCUT2D eigenvalue weighted by atomic mass is 32.1. The van der Waals surface area contributed by atoms with Crippen molar-refractivity contribution in [2.75, 3.05) is 11.9 Å². The lowest BCUT2D eigenvalue weighted by Gasteiger charge is -2.08. The molecule has 0 fully saturated rings. The SMILES string of the molecule is CCC(O)CCNC(=O)Nc1nnc(C(CC)CC)s1. The Labute approximate surface area is 124 Å². The molecule has 1 unspecified atom stereocenters. The van der Waals surface area contributed by atoms with Gasteiger partial charge in [-0.15, -0.1) is 10.2 Å². The first kappa shape index (κ1) is 16.8. The average molecular weight is 300 g/mol. The summed E-state index contributed by atoms with van der Waals surface area (Å²) < 4.78 is 0. The third kappa shape index (κ3) is 5.42. The van der Waals surface area contributed by atoms with Crippen molar-refractivity contribution in [3.05, 3.63) is 5.01 Å². The van der Waals surface area contributed by atoms with E-state index in [1.165, 1.54) is 11.3 Å². The van der Waals surface area contributed by atoms with Crippen LogP contribution < -0.4 is 10.6 Å². The number of nitrogens with one attached hydrogen (secondary N) is 2. The van der Waals surface area contributed by atoms with Gasteiger partial charge in [-0.25, -0.2) is 4.79 Å². The number of hydrogen-bond acceptors (Lipinski definition) is 5. The molecule has 6 nitrogen and oxygen atoms in total. The summed E-state index contributed by atoms with van der Waals surface area (Å²) in [5.74, 6) is 0.408. The number of rotatable bonds is 8. The van der Waals surface area contributed by atoms with Crippen LogP contribution in [0.25, 0.3) is 0 Å². The molecule has 20 heavy (non-hydrogen) atoms. The number of aliphatic hydroxyl groups is 1. The first-order valence-electron chi connectivity index (χ1n) is 7.16. The Morgan fingerprint density at radius 2 is 1.95 bits per heavy atom.